The lowest BCUT2D eigenvalue weighted by atomic mass is 9.79. The number of rotatable bonds is 6. The average molecular weight is 1050 g/mol. The largest absolute Gasteiger partial charge is 0.309 e. The van der Waals surface area contributed by atoms with E-state index in [4.69, 9.17) is 15.0 Å². The smallest absolute Gasteiger partial charge is 0.164 e. The van der Waals surface area contributed by atoms with Gasteiger partial charge in [0.05, 0.1) is 33.4 Å². The van der Waals surface area contributed by atoms with Crippen LogP contribution < -0.4 is 0 Å². The molecule has 3 aromatic heterocycles. The highest BCUT2D eigenvalue weighted by atomic mass is 15.0. The molecule has 0 N–H and O–H groups in total. The quantitative estimate of drug-likeness (QED) is 0.167. The molecule has 5 heteroatoms. The van der Waals surface area contributed by atoms with Gasteiger partial charge in [0.15, 0.2) is 17.5 Å². The summed E-state index contributed by atoms with van der Waals surface area (Å²) in [5.74, 6) is 1.93. The first kappa shape index (κ1) is 54.3. The van der Waals surface area contributed by atoms with E-state index in [0.717, 1.165) is 50.2 Å². The number of para-hydroxylation sites is 3. The van der Waals surface area contributed by atoms with Gasteiger partial charge in [-0.25, -0.2) is 15.0 Å². The molecule has 0 aliphatic rings. The van der Waals surface area contributed by atoms with E-state index in [1.54, 1.807) is 0 Å². The van der Waals surface area contributed by atoms with Gasteiger partial charge in [-0.15, -0.1) is 0 Å². The summed E-state index contributed by atoms with van der Waals surface area (Å²) in [4.78, 5) is 16.7. The molecule has 406 valence electrons. The molecule has 0 bridgehead atoms. The van der Waals surface area contributed by atoms with Gasteiger partial charge in [0.1, 0.15) is 0 Å². The second kappa shape index (κ2) is 19.0. The Balaban J connectivity index is 1.24. The zero-order valence-corrected chi connectivity index (χ0v) is 50.8. The number of hydrogen-bond donors (Lipinski definition) is 0. The lowest BCUT2D eigenvalue weighted by Gasteiger charge is -2.26. The van der Waals surface area contributed by atoms with Crippen LogP contribution in [0.1, 0.15) is 158 Å². The van der Waals surface area contributed by atoms with E-state index in [9.17, 15) is 0 Å². The molecular weight excluding hydrogens is 971 g/mol. The Morgan fingerprint density at radius 1 is 0.250 bits per heavy atom. The molecule has 0 unspecified atom stereocenters. The van der Waals surface area contributed by atoms with Gasteiger partial charge in [-0.2, -0.15) is 0 Å². The predicted molar refractivity (Wildman–Crippen MR) is 342 cm³/mol. The number of aromatic nitrogens is 5. The fourth-order valence-electron chi connectivity index (χ4n) is 11.4. The van der Waals surface area contributed by atoms with Gasteiger partial charge in [0, 0.05) is 49.4 Å². The first-order chi connectivity index (χ1) is 37.4. The van der Waals surface area contributed by atoms with Gasteiger partial charge in [-0.05, 0) is 151 Å². The molecule has 0 aliphatic heterocycles. The molecule has 0 atom stereocenters. The first-order valence-corrected chi connectivity index (χ1v) is 28.8. The van der Waals surface area contributed by atoms with Crippen molar-refractivity contribution >= 4 is 43.6 Å². The van der Waals surface area contributed by atoms with Crippen LogP contribution >= 0.6 is 0 Å². The minimum atomic E-state index is -0.109. The molecule has 0 amide bonds. The fourth-order valence-corrected chi connectivity index (χ4v) is 11.4. The molecule has 80 heavy (non-hydrogen) atoms. The van der Waals surface area contributed by atoms with Crippen molar-refractivity contribution in [1.29, 1.82) is 0 Å². The molecule has 11 rings (SSSR count). The highest BCUT2D eigenvalue weighted by Crippen LogP contribution is 2.45. The standard InChI is InChI=1S/C75H81N5/c1-70(2,3)49-32-35-65-59(44-49)60-45-50(71(4,5)6)33-36-66(60)80(65)63-30-24-21-27-57(63)58-41-46(31-34-64(58)79-61-28-22-19-25-55(61)56-26-20-23-29-62(56)79)67-76-68(47-37-51(72(7,8)9)42-52(38-47)73(10,11)12)78-69(77-67)48-39-53(74(13,14)15)43-54(40-48)75(16,17)18/h19-45H,1-18H3. The van der Waals surface area contributed by atoms with Gasteiger partial charge in [0.25, 0.3) is 0 Å². The fraction of sp³-hybridized carbons (Fsp3) is 0.320. The molecule has 0 fully saturated rings. The summed E-state index contributed by atoms with van der Waals surface area (Å²) in [6.45, 7) is 41.3. The molecule has 0 radical (unpaired) electrons. The zero-order chi connectivity index (χ0) is 57.2. The lowest BCUT2D eigenvalue weighted by molar-refractivity contribution is 0.568. The Kier molecular flexibility index (Phi) is 12.9. The summed E-state index contributed by atoms with van der Waals surface area (Å²) >= 11 is 0. The average Bonchev–Trinajstić information content (AvgIpc) is 4.14. The Morgan fingerprint density at radius 3 is 0.988 bits per heavy atom. The summed E-state index contributed by atoms with van der Waals surface area (Å²) in [5, 5.41) is 4.93. The molecule has 3 heterocycles. The van der Waals surface area contributed by atoms with Crippen molar-refractivity contribution < 1.29 is 0 Å². The van der Waals surface area contributed by atoms with E-state index >= 15 is 0 Å². The van der Waals surface area contributed by atoms with Crippen molar-refractivity contribution in [2.75, 3.05) is 0 Å². The summed E-state index contributed by atoms with van der Waals surface area (Å²) < 4.78 is 4.96. The molecule has 0 spiro atoms. The Bertz CT molecular complexity index is 3950. The Morgan fingerprint density at radius 2 is 0.588 bits per heavy atom. The van der Waals surface area contributed by atoms with Crippen LogP contribution in [0.2, 0.25) is 0 Å². The monoisotopic (exact) mass is 1050 g/mol. The number of benzene rings is 8. The van der Waals surface area contributed by atoms with Crippen molar-refractivity contribution in [3.8, 4) is 56.7 Å². The lowest BCUT2D eigenvalue weighted by Crippen LogP contribution is -2.17. The van der Waals surface area contributed by atoms with Gasteiger partial charge in [-0.1, -0.05) is 203 Å². The van der Waals surface area contributed by atoms with E-state index < -0.39 is 0 Å². The SMILES string of the molecule is CC(C)(C)c1cc(-c2nc(-c3cc(C(C)(C)C)cc(C(C)(C)C)c3)nc(-c3ccc(-n4c5ccccc5c5ccccc54)c(-c4ccccc4-n4c5ccc(C(C)(C)C)cc5c5cc(C(C)(C)C)ccc54)c3)n2)cc(C(C)(C)C)c1. The normalized spacial score (nSPS) is 13.1. The summed E-state index contributed by atoms with van der Waals surface area (Å²) in [6.07, 6.45) is 0. The highest BCUT2D eigenvalue weighted by molar-refractivity contribution is 6.12. The third-order valence-corrected chi connectivity index (χ3v) is 16.5. The van der Waals surface area contributed by atoms with Crippen molar-refractivity contribution in [2.24, 2.45) is 0 Å². The summed E-state index contributed by atoms with van der Waals surface area (Å²) in [5.41, 5.74) is 19.0. The molecule has 8 aromatic carbocycles. The second-order valence-electron chi connectivity index (χ2n) is 28.8. The maximum atomic E-state index is 5.59. The highest BCUT2D eigenvalue weighted by Gasteiger charge is 2.28. The number of fused-ring (bicyclic) bond motifs is 6. The third kappa shape index (κ3) is 9.96. The van der Waals surface area contributed by atoms with Crippen molar-refractivity contribution in [3.63, 3.8) is 0 Å². The molecule has 11 aromatic rings. The van der Waals surface area contributed by atoms with Crippen LogP contribution in [0.25, 0.3) is 100 Å². The van der Waals surface area contributed by atoms with Gasteiger partial charge < -0.3 is 9.13 Å². The Labute approximate surface area is 476 Å². The van der Waals surface area contributed by atoms with Gasteiger partial charge in [0.2, 0.25) is 0 Å². The molecule has 5 nitrogen and oxygen atoms in total. The molecular formula is C75H81N5. The van der Waals surface area contributed by atoms with Crippen molar-refractivity contribution in [1.82, 2.24) is 24.1 Å². The molecule has 0 saturated heterocycles. The van der Waals surface area contributed by atoms with E-state index in [-0.39, 0.29) is 32.5 Å². The first-order valence-electron chi connectivity index (χ1n) is 28.8. The maximum absolute atomic E-state index is 5.59. The van der Waals surface area contributed by atoms with E-state index in [1.807, 2.05) is 0 Å². The van der Waals surface area contributed by atoms with Gasteiger partial charge >= 0.3 is 0 Å². The van der Waals surface area contributed by atoms with Crippen LogP contribution in [0.15, 0.2) is 164 Å². The molecule has 0 aliphatic carbocycles. The Hall–Kier alpha value is -7.63. The van der Waals surface area contributed by atoms with Crippen LogP contribution in [-0.2, 0) is 32.5 Å². The summed E-state index contributed by atoms with van der Waals surface area (Å²) in [7, 11) is 0. The van der Waals surface area contributed by atoms with Crippen LogP contribution in [0.3, 0.4) is 0 Å². The zero-order valence-electron chi connectivity index (χ0n) is 50.8. The second-order valence-corrected chi connectivity index (χ2v) is 28.8. The van der Waals surface area contributed by atoms with Crippen LogP contribution in [0.5, 0.6) is 0 Å². The minimum Gasteiger partial charge on any atom is -0.309 e. The van der Waals surface area contributed by atoms with Gasteiger partial charge in [-0.3, -0.25) is 0 Å². The van der Waals surface area contributed by atoms with Crippen LogP contribution in [0.4, 0.5) is 0 Å². The minimum absolute atomic E-state index is 0.0247. The van der Waals surface area contributed by atoms with Crippen molar-refractivity contribution in [3.05, 3.63) is 197 Å². The number of hydrogen-bond acceptors (Lipinski definition) is 3. The van der Waals surface area contributed by atoms with Crippen molar-refractivity contribution in [2.45, 2.75) is 157 Å². The number of nitrogens with zero attached hydrogens (tertiary/aromatic N) is 5. The predicted octanol–water partition coefficient (Wildman–Crippen LogP) is 20.5. The van der Waals surface area contributed by atoms with E-state index in [2.05, 4.69) is 298 Å². The maximum Gasteiger partial charge on any atom is 0.164 e. The van der Waals surface area contributed by atoms with E-state index in [1.165, 1.54) is 66.0 Å². The third-order valence-electron chi connectivity index (χ3n) is 16.5. The molecule has 0 saturated carbocycles. The van der Waals surface area contributed by atoms with Crippen LogP contribution in [-0.4, -0.2) is 24.1 Å². The topological polar surface area (TPSA) is 48.5 Å². The summed E-state index contributed by atoms with van der Waals surface area (Å²) in [6, 6.07) is 61.7. The van der Waals surface area contributed by atoms with E-state index in [0.29, 0.717) is 17.5 Å². The van der Waals surface area contributed by atoms with Crippen LogP contribution in [0, 0.1) is 0 Å².